The van der Waals surface area contributed by atoms with Gasteiger partial charge in [-0.2, -0.15) is 0 Å². The van der Waals surface area contributed by atoms with Gasteiger partial charge in [0.15, 0.2) is 11.5 Å². The Morgan fingerprint density at radius 3 is 2.07 bits per heavy atom. The molecule has 0 fully saturated rings. The molecule has 1 aliphatic rings. The lowest BCUT2D eigenvalue weighted by atomic mass is 10.1. The number of rotatable bonds is 19. The largest absolute Gasteiger partial charge is 0.491 e. The van der Waals surface area contributed by atoms with E-state index in [2.05, 4.69) is 30.3 Å². The van der Waals surface area contributed by atoms with Crippen molar-refractivity contribution in [2.24, 2.45) is 0 Å². The number of nitrogens with zero attached hydrogens (tertiary/aromatic N) is 1. The maximum atomic E-state index is 13.4. The van der Waals surface area contributed by atoms with Crippen LogP contribution in [0.5, 0.6) is 5.75 Å². The molecule has 0 spiro atoms. The van der Waals surface area contributed by atoms with E-state index in [1.807, 2.05) is 30.3 Å². The van der Waals surface area contributed by atoms with Crippen molar-refractivity contribution < 1.29 is 14.3 Å². The van der Waals surface area contributed by atoms with Gasteiger partial charge in [0.2, 0.25) is 0 Å². The van der Waals surface area contributed by atoms with Crippen molar-refractivity contribution in [1.82, 2.24) is 4.90 Å². The third-order valence-electron chi connectivity index (χ3n) is 7.34. The molecule has 0 unspecified atom stereocenters. The van der Waals surface area contributed by atoms with Crippen LogP contribution in [0.3, 0.4) is 0 Å². The fourth-order valence-corrected chi connectivity index (χ4v) is 5.84. The van der Waals surface area contributed by atoms with Crippen molar-refractivity contribution in [3.05, 3.63) is 70.3 Å². The van der Waals surface area contributed by atoms with E-state index in [9.17, 15) is 9.59 Å². The molecule has 7 heteroatoms. The molecule has 0 saturated heterocycles. The standard InChI is InChI=1S/C34H48N2O3S.BrH/c1-4-5-6-7-8-9-10-11-12-13-14-17-23-39-33-30(28(3)37)21-18-22-32(33)35-34(38)31-20-16-15-19-29(31)25-36-24-27(2)40-26-36;/h15-16,18-22,24H,4-14,17,23,25-26H2,1-3H3,(H,35,38);1H. The van der Waals surface area contributed by atoms with Crippen LogP contribution >= 0.6 is 28.7 Å². The summed E-state index contributed by atoms with van der Waals surface area (Å²) >= 11 is 1.80. The predicted octanol–water partition coefficient (Wildman–Crippen LogP) is 10.2. The van der Waals surface area contributed by atoms with Gasteiger partial charge in [-0.25, -0.2) is 0 Å². The smallest absolute Gasteiger partial charge is 0.256 e. The first kappa shape index (κ1) is 34.9. The average molecular weight is 646 g/mol. The molecule has 0 aromatic heterocycles. The van der Waals surface area contributed by atoms with Gasteiger partial charge in [-0.15, -0.1) is 28.7 Å². The molecule has 41 heavy (non-hydrogen) atoms. The first-order valence-corrected chi connectivity index (χ1v) is 16.2. The second-order valence-electron chi connectivity index (χ2n) is 10.8. The number of nitrogens with one attached hydrogen (secondary N) is 1. The van der Waals surface area contributed by atoms with Crippen LogP contribution in [0.4, 0.5) is 5.69 Å². The zero-order valence-electron chi connectivity index (χ0n) is 25.2. The Labute approximate surface area is 262 Å². The maximum Gasteiger partial charge on any atom is 0.256 e. The van der Waals surface area contributed by atoms with Gasteiger partial charge in [-0.05, 0) is 48.9 Å². The van der Waals surface area contributed by atoms with Gasteiger partial charge in [0.05, 0.1) is 23.7 Å². The van der Waals surface area contributed by atoms with E-state index >= 15 is 0 Å². The normalized spacial score (nSPS) is 12.6. The number of carbonyl (C=O) groups is 2. The number of halogens is 1. The summed E-state index contributed by atoms with van der Waals surface area (Å²) in [5, 5.41) is 3.04. The number of unbranched alkanes of at least 4 members (excludes halogenated alkanes) is 11. The fourth-order valence-electron chi connectivity index (χ4n) is 5.08. The number of amides is 1. The van der Waals surface area contributed by atoms with Crippen LogP contribution in [-0.2, 0) is 6.54 Å². The van der Waals surface area contributed by atoms with Crippen molar-refractivity contribution in [1.29, 1.82) is 0 Å². The number of ketones is 1. The third-order valence-corrected chi connectivity index (χ3v) is 8.37. The number of hydrogen-bond acceptors (Lipinski definition) is 5. The zero-order valence-corrected chi connectivity index (χ0v) is 27.7. The van der Waals surface area contributed by atoms with E-state index < -0.39 is 0 Å². The Morgan fingerprint density at radius 2 is 1.46 bits per heavy atom. The first-order chi connectivity index (χ1) is 19.5. The van der Waals surface area contributed by atoms with Crippen LogP contribution in [0.1, 0.15) is 124 Å². The highest BCUT2D eigenvalue weighted by Gasteiger charge is 2.19. The van der Waals surface area contributed by atoms with Crippen molar-refractivity contribution in [3.8, 4) is 5.75 Å². The lowest BCUT2D eigenvalue weighted by Gasteiger charge is -2.18. The molecule has 1 amide bonds. The molecule has 0 aliphatic carbocycles. The minimum absolute atomic E-state index is 0. The average Bonchev–Trinajstić information content (AvgIpc) is 3.36. The fraction of sp³-hybridized carbons (Fsp3) is 0.529. The summed E-state index contributed by atoms with van der Waals surface area (Å²) in [5.74, 6) is 1.09. The highest BCUT2D eigenvalue weighted by molar-refractivity contribution is 8.93. The topological polar surface area (TPSA) is 58.6 Å². The minimum Gasteiger partial charge on any atom is -0.491 e. The lowest BCUT2D eigenvalue weighted by Crippen LogP contribution is -2.19. The number of allylic oxidation sites excluding steroid dienone is 1. The summed E-state index contributed by atoms with van der Waals surface area (Å²) in [7, 11) is 0. The molecule has 226 valence electrons. The zero-order chi connectivity index (χ0) is 28.6. The Hall–Kier alpha value is -2.25. The van der Waals surface area contributed by atoms with E-state index in [0.29, 0.717) is 35.7 Å². The van der Waals surface area contributed by atoms with Gasteiger partial charge < -0.3 is 15.0 Å². The molecule has 1 heterocycles. The molecule has 0 atom stereocenters. The van der Waals surface area contributed by atoms with Gasteiger partial charge in [0.1, 0.15) is 0 Å². The summed E-state index contributed by atoms with van der Waals surface area (Å²) in [6.45, 7) is 7.10. The molecule has 0 radical (unpaired) electrons. The summed E-state index contributed by atoms with van der Waals surface area (Å²) < 4.78 is 6.15. The number of hydrogen-bond donors (Lipinski definition) is 1. The monoisotopic (exact) mass is 644 g/mol. The molecule has 2 aromatic carbocycles. The third kappa shape index (κ3) is 12.3. The number of anilines is 1. The summed E-state index contributed by atoms with van der Waals surface area (Å²) in [6, 6.07) is 13.1. The molecule has 5 nitrogen and oxygen atoms in total. The molecule has 0 saturated carbocycles. The van der Waals surface area contributed by atoms with Gasteiger partial charge in [0.25, 0.3) is 5.91 Å². The number of carbonyl (C=O) groups excluding carboxylic acids is 2. The van der Waals surface area contributed by atoms with Gasteiger partial charge in [-0.3, -0.25) is 9.59 Å². The molecule has 0 bridgehead atoms. The quantitative estimate of drug-likeness (QED) is 0.122. The van der Waals surface area contributed by atoms with E-state index in [-0.39, 0.29) is 28.7 Å². The summed E-state index contributed by atoms with van der Waals surface area (Å²) in [6.07, 6.45) is 17.5. The van der Waals surface area contributed by atoms with Crippen molar-refractivity contribution in [2.75, 3.05) is 17.8 Å². The highest BCUT2D eigenvalue weighted by atomic mass is 79.9. The highest BCUT2D eigenvalue weighted by Crippen LogP contribution is 2.31. The molecule has 3 rings (SSSR count). The van der Waals surface area contributed by atoms with E-state index in [0.717, 1.165) is 24.3 Å². The molecule has 2 aromatic rings. The van der Waals surface area contributed by atoms with Crippen LogP contribution in [-0.4, -0.2) is 29.1 Å². The van der Waals surface area contributed by atoms with Gasteiger partial charge in [0, 0.05) is 18.3 Å². The van der Waals surface area contributed by atoms with Crippen LogP contribution in [0.15, 0.2) is 53.6 Å². The molecule has 1 N–H and O–H groups in total. The number of benzene rings is 2. The molecular weight excluding hydrogens is 596 g/mol. The van der Waals surface area contributed by atoms with E-state index in [1.54, 1.807) is 23.9 Å². The van der Waals surface area contributed by atoms with Crippen molar-refractivity contribution in [3.63, 3.8) is 0 Å². The van der Waals surface area contributed by atoms with Crippen LogP contribution in [0, 0.1) is 0 Å². The van der Waals surface area contributed by atoms with Gasteiger partial charge >= 0.3 is 0 Å². The number of para-hydroxylation sites is 1. The Bertz CT molecular complexity index is 1120. The van der Waals surface area contributed by atoms with Crippen molar-refractivity contribution >= 4 is 46.1 Å². The summed E-state index contributed by atoms with van der Waals surface area (Å²) in [4.78, 5) is 29.3. The SMILES string of the molecule is Br.CCCCCCCCCCCCCCOc1c(NC(=O)c2ccccc2CN2C=C(C)SC2)cccc1C(C)=O. The Kier molecular flexibility index (Phi) is 16.9. The number of Topliss-reactive ketones (excluding diaryl/α,β-unsaturated/α-hetero) is 1. The van der Waals surface area contributed by atoms with E-state index in [4.69, 9.17) is 4.74 Å². The Morgan fingerprint density at radius 1 is 0.854 bits per heavy atom. The van der Waals surface area contributed by atoms with Crippen LogP contribution < -0.4 is 10.1 Å². The second kappa shape index (κ2) is 19.8. The minimum atomic E-state index is -0.195. The Balaban J connectivity index is 0.00000588. The number of ether oxygens (including phenoxy) is 1. The molecular formula is C34H49BrN2O3S. The number of thioether (sulfide) groups is 1. The predicted molar refractivity (Wildman–Crippen MR) is 179 cm³/mol. The van der Waals surface area contributed by atoms with Crippen molar-refractivity contribution in [2.45, 2.75) is 104 Å². The summed E-state index contributed by atoms with van der Waals surface area (Å²) in [5.41, 5.74) is 2.64. The molecule has 1 aliphatic heterocycles. The van der Waals surface area contributed by atoms with Crippen LogP contribution in [0.2, 0.25) is 0 Å². The van der Waals surface area contributed by atoms with Gasteiger partial charge in [-0.1, -0.05) is 102 Å². The van der Waals surface area contributed by atoms with E-state index in [1.165, 1.54) is 76.0 Å². The second-order valence-corrected chi connectivity index (χ2v) is 12.0. The first-order valence-electron chi connectivity index (χ1n) is 15.2. The van der Waals surface area contributed by atoms with Crippen LogP contribution in [0.25, 0.3) is 0 Å². The maximum absolute atomic E-state index is 13.4. The lowest BCUT2D eigenvalue weighted by molar-refractivity contribution is 0.100.